The zero-order chi connectivity index (χ0) is 13.9. The van der Waals surface area contributed by atoms with Crippen molar-refractivity contribution in [2.75, 3.05) is 5.32 Å². The van der Waals surface area contributed by atoms with Crippen LogP contribution in [0, 0.1) is 0 Å². The molecule has 0 saturated heterocycles. The van der Waals surface area contributed by atoms with Crippen LogP contribution in [0.5, 0.6) is 0 Å². The van der Waals surface area contributed by atoms with Crippen molar-refractivity contribution in [2.45, 2.75) is 6.42 Å². The smallest absolute Gasteiger partial charge is 0.299 e. The van der Waals surface area contributed by atoms with Gasteiger partial charge < -0.3 is 5.32 Å². The normalized spacial score (nSPS) is 14.2. The first-order chi connectivity index (χ1) is 9.74. The lowest BCUT2D eigenvalue weighted by molar-refractivity contribution is -0.115. The standard InChI is InChI=1S/C8H7NO.C6H3N3O/c10-8-5-6-3-1-2-4-7(6)9-8;10-6-4-2-1-3-7-5(4)8-9-6/h1-4H,5H2,(H,9,10);1-3H. The number of azo groups is 1. The largest absolute Gasteiger partial charge is 0.326 e. The van der Waals surface area contributed by atoms with Gasteiger partial charge >= 0.3 is 0 Å². The third-order valence-corrected chi connectivity index (χ3v) is 2.90. The van der Waals surface area contributed by atoms with Gasteiger partial charge in [0.2, 0.25) is 5.91 Å². The van der Waals surface area contributed by atoms with Gasteiger partial charge in [0.1, 0.15) is 0 Å². The van der Waals surface area contributed by atoms with Crippen molar-refractivity contribution in [1.29, 1.82) is 0 Å². The third-order valence-electron chi connectivity index (χ3n) is 2.90. The highest BCUT2D eigenvalue weighted by Gasteiger charge is 2.16. The lowest BCUT2D eigenvalue weighted by Gasteiger charge is -1.93. The summed E-state index contributed by atoms with van der Waals surface area (Å²) in [5, 5.41) is 9.63. The van der Waals surface area contributed by atoms with Crippen LogP contribution in [0.3, 0.4) is 0 Å². The Morgan fingerprint density at radius 2 is 1.85 bits per heavy atom. The van der Waals surface area contributed by atoms with Crippen LogP contribution in [-0.2, 0) is 11.2 Å². The fourth-order valence-corrected chi connectivity index (χ4v) is 1.95. The molecule has 6 nitrogen and oxygen atoms in total. The number of anilines is 1. The molecular formula is C14H10N4O2. The van der Waals surface area contributed by atoms with E-state index in [9.17, 15) is 9.59 Å². The number of benzene rings is 1. The summed E-state index contributed by atoms with van der Waals surface area (Å²) in [5.74, 6) is 0.219. The number of nitrogens with one attached hydrogen (secondary N) is 1. The minimum Gasteiger partial charge on any atom is -0.326 e. The molecule has 98 valence electrons. The highest BCUT2D eigenvalue weighted by molar-refractivity contribution is 6.00. The van der Waals surface area contributed by atoms with Gasteiger partial charge in [0.25, 0.3) is 5.91 Å². The maximum Gasteiger partial charge on any atom is 0.299 e. The highest BCUT2D eigenvalue weighted by Crippen LogP contribution is 2.22. The molecule has 2 amide bonds. The molecule has 0 atom stereocenters. The number of hydrogen-bond donors (Lipinski definition) is 1. The average molecular weight is 266 g/mol. The average Bonchev–Trinajstić information content (AvgIpc) is 3.02. The Kier molecular flexibility index (Phi) is 3.04. The molecule has 0 radical (unpaired) electrons. The number of aromatic nitrogens is 1. The van der Waals surface area contributed by atoms with E-state index in [0.717, 1.165) is 11.3 Å². The second-order valence-electron chi connectivity index (χ2n) is 4.26. The van der Waals surface area contributed by atoms with E-state index >= 15 is 0 Å². The minimum atomic E-state index is -0.303. The summed E-state index contributed by atoms with van der Waals surface area (Å²) >= 11 is 0. The molecule has 2 aromatic rings. The minimum absolute atomic E-state index is 0.0983. The van der Waals surface area contributed by atoms with Crippen molar-refractivity contribution in [3.05, 3.63) is 53.7 Å². The Balaban J connectivity index is 0.000000121. The molecular weight excluding hydrogens is 256 g/mol. The van der Waals surface area contributed by atoms with Crippen LogP contribution in [0.15, 0.2) is 52.8 Å². The summed E-state index contributed by atoms with van der Waals surface area (Å²) in [6.07, 6.45) is 2.12. The zero-order valence-electron chi connectivity index (χ0n) is 10.4. The molecule has 0 aliphatic carbocycles. The first kappa shape index (κ1) is 12.2. The number of nitrogens with zero attached hydrogens (tertiary/aromatic N) is 3. The first-order valence-electron chi connectivity index (χ1n) is 6.03. The van der Waals surface area contributed by atoms with E-state index in [1.807, 2.05) is 24.3 Å². The molecule has 1 N–H and O–H groups in total. The van der Waals surface area contributed by atoms with Gasteiger partial charge in [-0.1, -0.05) is 18.2 Å². The van der Waals surface area contributed by atoms with Gasteiger partial charge in [-0.15, -0.1) is 10.2 Å². The Morgan fingerprint density at radius 1 is 1.00 bits per heavy atom. The lowest BCUT2D eigenvalue weighted by Crippen LogP contribution is -2.03. The predicted molar refractivity (Wildman–Crippen MR) is 71.9 cm³/mol. The molecule has 0 unspecified atom stereocenters. The van der Waals surface area contributed by atoms with Gasteiger partial charge in [-0.05, 0) is 23.8 Å². The summed E-state index contributed by atoms with van der Waals surface area (Å²) < 4.78 is 0. The van der Waals surface area contributed by atoms with Crippen LogP contribution in [0.4, 0.5) is 11.5 Å². The maximum absolute atomic E-state index is 10.8. The summed E-state index contributed by atoms with van der Waals surface area (Å²) in [6.45, 7) is 0. The Hall–Kier alpha value is -2.89. The number of carbonyl (C=O) groups excluding carboxylic acids is 2. The molecule has 1 aromatic carbocycles. The molecule has 3 heterocycles. The van der Waals surface area contributed by atoms with E-state index < -0.39 is 0 Å². The summed E-state index contributed by atoms with van der Waals surface area (Å²) in [5.41, 5.74) is 2.56. The molecule has 2 aliphatic rings. The van der Waals surface area contributed by atoms with Crippen molar-refractivity contribution in [3.8, 4) is 0 Å². The van der Waals surface area contributed by atoms with Crippen LogP contribution >= 0.6 is 0 Å². The zero-order valence-corrected chi connectivity index (χ0v) is 10.4. The molecule has 0 fully saturated rings. The number of hydrogen-bond acceptors (Lipinski definition) is 4. The predicted octanol–water partition coefficient (Wildman–Crippen LogP) is 2.50. The van der Waals surface area contributed by atoms with E-state index in [1.165, 1.54) is 0 Å². The van der Waals surface area contributed by atoms with Gasteiger partial charge in [0, 0.05) is 11.9 Å². The van der Waals surface area contributed by atoms with Crippen molar-refractivity contribution >= 4 is 23.3 Å². The van der Waals surface area contributed by atoms with Gasteiger partial charge in [0.05, 0.1) is 12.0 Å². The quantitative estimate of drug-likeness (QED) is 0.795. The maximum atomic E-state index is 10.8. The highest BCUT2D eigenvalue weighted by atomic mass is 16.2. The number of carbonyl (C=O) groups is 2. The number of pyridine rings is 1. The molecule has 0 bridgehead atoms. The van der Waals surface area contributed by atoms with Crippen molar-refractivity contribution in [3.63, 3.8) is 0 Å². The van der Waals surface area contributed by atoms with Crippen LogP contribution < -0.4 is 5.32 Å². The van der Waals surface area contributed by atoms with Crippen molar-refractivity contribution in [2.24, 2.45) is 10.2 Å². The Labute approximate surface area is 114 Å². The lowest BCUT2D eigenvalue weighted by atomic mass is 10.2. The van der Waals surface area contributed by atoms with Crippen LogP contribution in [0.2, 0.25) is 0 Å². The Morgan fingerprint density at radius 3 is 2.65 bits per heavy atom. The van der Waals surface area contributed by atoms with Gasteiger partial charge in [-0.25, -0.2) is 4.98 Å². The van der Waals surface area contributed by atoms with Crippen molar-refractivity contribution < 1.29 is 9.59 Å². The topological polar surface area (TPSA) is 83.8 Å². The molecule has 2 aliphatic heterocycles. The van der Waals surface area contributed by atoms with E-state index in [4.69, 9.17) is 0 Å². The Bertz CT molecular complexity index is 698. The summed E-state index contributed by atoms with van der Waals surface area (Å²) in [4.78, 5) is 25.4. The fraction of sp³-hybridized carbons (Fsp3) is 0.0714. The van der Waals surface area contributed by atoms with Crippen molar-refractivity contribution in [1.82, 2.24) is 4.98 Å². The molecule has 0 spiro atoms. The molecule has 20 heavy (non-hydrogen) atoms. The monoisotopic (exact) mass is 266 g/mol. The van der Waals surface area contributed by atoms with E-state index in [-0.39, 0.29) is 11.8 Å². The van der Waals surface area contributed by atoms with E-state index in [2.05, 4.69) is 20.5 Å². The molecule has 1 aromatic heterocycles. The van der Waals surface area contributed by atoms with Gasteiger partial charge in [-0.2, -0.15) is 0 Å². The second kappa shape index (κ2) is 5.00. The van der Waals surface area contributed by atoms with E-state index in [1.54, 1.807) is 18.3 Å². The molecule has 6 heteroatoms. The van der Waals surface area contributed by atoms with Crippen LogP contribution in [-0.4, -0.2) is 16.8 Å². The van der Waals surface area contributed by atoms with Gasteiger partial charge in [-0.3, -0.25) is 9.59 Å². The fourth-order valence-electron chi connectivity index (χ4n) is 1.95. The molecule has 4 rings (SSSR count). The number of fused-ring (bicyclic) bond motifs is 2. The first-order valence-corrected chi connectivity index (χ1v) is 6.03. The van der Waals surface area contributed by atoms with E-state index in [0.29, 0.717) is 17.8 Å². The SMILES string of the molecule is O=C1Cc2ccccc2N1.O=C1N=Nc2ncccc21. The number of amides is 2. The summed E-state index contributed by atoms with van der Waals surface area (Å²) in [7, 11) is 0. The van der Waals surface area contributed by atoms with Crippen LogP contribution in [0.25, 0.3) is 0 Å². The van der Waals surface area contributed by atoms with Crippen LogP contribution in [0.1, 0.15) is 15.9 Å². The van der Waals surface area contributed by atoms with Gasteiger partial charge in [0.15, 0.2) is 5.82 Å². The number of rotatable bonds is 0. The second-order valence-corrected chi connectivity index (χ2v) is 4.26. The third kappa shape index (κ3) is 2.31. The number of para-hydroxylation sites is 1. The molecule has 0 saturated carbocycles. The summed E-state index contributed by atoms with van der Waals surface area (Å²) in [6, 6.07) is 11.1.